The van der Waals surface area contributed by atoms with E-state index in [1.54, 1.807) is 7.11 Å². The minimum atomic E-state index is 0.700. The van der Waals surface area contributed by atoms with Crippen molar-refractivity contribution in [2.45, 2.75) is 5.33 Å². The second kappa shape index (κ2) is 5.12. The van der Waals surface area contributed by atoms with Gasteiger partial charge in [-0.05, 0) is 11.6 Å². The largest absolute Gasteiger partial charge is 0.495 e. The maximum atomic E-state index is 5.31. The van der Waals surface area contributed by atoms with Gasteiger partial charge in [0, 0.05) is 17.1 Å². The van der Waals surface area contributed by atoms with Gasteiger partial charge in [-0.2, -0.15) is 0 Å². The Morgan fingerprint density at radius 2 is 1.94 bits per heavy atom. The van der Waals surface area contributed by atoms with Crippen LogP contribution in [0.4, 0.5) is 0 Å². The lowest BCUT2D eigenvalue weighted by Crippen LogP contribution is -1.93. The van der Waals surface area contributed by atoms with Crippen molar-refractivity contribution < 1.29 is 4.74 Å². The number of pyridine rings is 1. The van der Waals surface area contributed by atoms with E-state index in [9.17, 15) is 0 Å². The zero-order valence-corrected chi connectivity index (χ0v) is 10.6. The number of nitrogens with zero attached hydrogens (tertiary/aromatic N) is 1. The third-order valence-corrected chi connectivity index (χ3v) is 2.92. The molecule has 0 aliphatic carbocycles. The lowest BCUT2D eigenvalue weighted by Gasteiger charge is -2.07. The van der Waals surface area contributed by atoms with Gasteiger partial charge in [0.05, 0.1) is 12.8 Å². The summed E-state index contributed by atoms with van der Waals surface area (Å²) in [4.78, 5) is 4.37. The molecule has 0 amide bonds. The van der Waals surface area contributed by atoms with E-state index in [0.717, 1.165) is 22.6 Å². The Labute approximate surface area is 103 Å². The van der Waals surface area contributed by atoms with Crippen LogP contribution in [0.15, 0.2) is 42.6 Å². The number of hydrogen-bond donors (Lipinski definition) is 0. The van der Waals surface area contributed by atoms with E-state index in [1.807, 2.05) is 30.5 Å². The van der Waals surface area contributed by atoms with Gasteiger partial charge in [-0.15, -0.1) is 0 Å². The van der Waals surface area contributed by atoms with E-state index in [2.05, 4.69) is 33.0 Å². The van der Waals surface area contributed by atoms with Gasteiger partial charge in [-0.1, -0.05) is 46.3 Å². The molecule has 3 heteroatoms. The number of benzene rings is 1. The minimum Gasteiger partial charge on any atom is -0.495 e. The molecule has 16 heavy (non-hydrogen) atoms. The Morgan fingerprint density at radius 1 is 1.19 bits per heavy atom. The molecule has 82 valence electrons. The molecule has 1 heterocycles. The highest BCUT2D eigenvalue weighted by Gasteiger charge is 2.05. The summed E-state index contributed by atoms with van der Waals surface area (Å²) in [6, 6.07) is 12.2. The third-order valence-electron chi connectivity index (χ3n) is 2.38. The number of hydrogen-bond acceptors (Lipinski definition) is 2. The van der Waals surface area contributed by atoms with Crippen LogP contribution in [-0.2, 0) is 5.33 Å². The summed E-state index contributed by atoms with van der Waals surface area (Å²) >= 11 is 3.39. The second-order valence-corrected chi connectivity index (χ2v) is 3.93. The zero-order valence-electron chi connectivity index (χ0n) is 8.98. The SMILES string of the molecule is COc1cc(-c2ccccc2)cnc1CBr. The summed E-state index contributed by atoms with van der Waals surface area (Å²) in [5.74, 6) is 0.818. The van der Waals surface area contributed by atoms with Gasteiger partial charge in [-0.25, -0.2) is 0 Å². The molecule has 0 saturated heterocycles. The van der Waals surface area contributed by atoms with Crippen molar-refractivity contribution in [3.63, 3.8) is 0 Å². The van der Waals surface area contributed by atoms with Gasteiger partial charge in [0.1, 0.15) is 5.75 Å². The van der Waals surface area contributed by atoms with Gasteiger partial charge < -0.3 is 4.74 Å². The highest BCUT2D eigenvalue weighted by molar-refractivity contribution is 9.08. The normalized spacial score (nSPS) is 10.1. The van der Waals surface area contributed by atoms with Crippen molar-refractivity contribution in [3.8, 4) is 16.9 Å². The molecular weight excluding hydrogens is 266 g/mol. The van der Waals surface area contributed by atoms with Crippen LogP contribution in [0.1, 0.15) is 5.69 Å². The molecule has 0 unspecified atom stereocenters. The number of alkyl halides is 1. The van der Waals surface area contributed by atoms with Crippen LogP contribution < -0.4 is 4.74 Å². The van der Waals surface area contributed by atoms with E-state index in [1.165, 1.54) is 0 Å². The van der Waals surface area contributed by atoms with Gasteiger partial charge in [0.2, 0.25) is 0 Å². The molecule has 0 aliphatic heterocycles. The summed E-state index contributed by atoms with van der Waals surface area (Å²) in [7, 11) is 1.66. The fourth-order valence-electron chi connectivity index (χ4n) is 1.54. The lowest BCUT2D eigenvalue weighted by molar-refractivity contribution is 0.409. The van der Waals surface area contributed by atoms with E-state index >= 15 is 0 Å². The van der Waals surface area contributed by atoms with Crippen LogP contribution in [0.2, 0.25) is 0 Å². The van der Waals surface area contributed by atoms with Crippen molar-refractivity contribution in [2.75, 3.05) is 7.11 Å². The smallest absolute Gasteiger partial charge is 0.141 e. The van der Waals surface area contributed by atoms with E-state index in [-0.39, 0.29) is 0 Å². The number of ether oxygens (including phenoxy) is 1. The standard InChI is InChI=1S/C13H12BrNO/c1-16-13-7-11(9-15-12(13)8-14)10-5-3-2-4-6-10/h2-7,9H,8H2,1H3. The minimum absolute atomic E-state index is 0.700. The highest BCUT2D eigenvalue weighted by atomic mass is 79.9. The van der Waals surface area contributed by atoms with Crippen LogP contribution in [-0.4, -0.2) is 12.1 Å². The van der Waals surface area contributed by atoms with E-state index in [0.29, 0.717) is 5.33 Å². The predicted molar refractivity (Wildman–Crippen MR) is 68.9 cm³/mol. The monoisotopic (exact) mass is 277 g/mol. The molecule has 0 saturated carbocycles. The van der Waals surface area contributed by atoms with Crippen molar-refractivity contribution in [2.24, 2.45) is 0 Å². The Bertz CT molecular complexity index is 471. The third kappa shape index (κ3) is 2.25. The predicted octanol–water partition coefficient (Wildman–Crippen LogP) is 3.65. The molecule has 0 atom stereocenters. The first-order chi connectivity index (χ1) is 7.85. The van der Waals surface area contributed by atoms with Crippen molar-refractivity contribution in [1.29, 1.82) is 0 Å². The molecule has 1 aromatic carbocycles. The average Bonchev–Trinajstić information content (AvgIpc) is 2.39. The number of rotatable bonds is 3. The van der Waals surface area contributed by atoms with Crippen LogP contribution >= 0.6 is 15.9 Å². The number of methoxy groups -OCH3 is 1. The second-order valence-electron chi connectivity index (χ2n) is 3.37. The Kier molecular flexibility index (Phi) is 3.57. The van der Waals surface area contributed by atoms with Crippen LogP contribution in [0.3, 0.4) is 0 Å². The van der Waals surface area contributed by atoms with Crippen molar-refractivity contribution in [3.05, 3.63) is 48.3 Å². The zero-order chi connectivity index (χ0) is 11.4. The molecule has 2 nitrogen and oxygen atoms in total. The first kappa shape index (κ1) is 11.1. The fraction of sp³-hybridized carbons (Fsp3) is 0.154. The maximum Gasteiger partial charge on any atom is 0.141 e. The van der Waals surface area contributed by atoms with Crippen LogP contribution in [0.5, 0.6) is 5.75 Å². The summed E-state index contributed by atoms with van der Waals surface area (Å²) in [6.07, 6.45) is 1.87. The molecule has 0 spiro atoms. The summed E-state index contributed by atoms with van der Waals surface area (Å²) in [5, 5.41) is 0.700. The number of halogens is 1. The molecule has 0 radical (unpaired) electrons. The number of aromatic nitrogens is 1. The Morgan fingerprint density at radius 3 is 2.56 bits per heavy atom. The molecular formula is C13H12BrNO. The van der Waals surface area contributed by atoms with E-state index in [4.69, 9.17) is 4.74 Å². The van der Waals surface area contributed by atoms with Crippen LogP contribution in [0, 0.1) is 0 Å². The van der Waals surface area contributed by atoms with Crippen molar-refractivity contribution in [1.82, 2.24) is 4.98 Å². The molecule has 0 aliphatic rings. The molecule has 1 aromatic heterocycles. The topological polar surface area (TPSA) is 22.1 Å². The molecule has 2 rings (SSSR count). The van der Waals surface area contributed by atoms with Crippen molar-refractivity contribution >= 4 is 15.9 Å². The summed E-state index contributed by atoms with van der Waals surface area (Å²) in [5.41, 5.74) is 3.14. The Hall–Kier alpha value is -1.35. The Balaban J connectivity index is 2.44. The van der Waals surface area contributed by atoms with E-state index < -0.39 is 0 Å². The highest BCUT2D eigenvalue weighted by Crippen LogP contribution is 2.26. The van der Waals surface area contributed by atoms with Crippen LogP contribution in [0.25, 0.3) is 11.1 Å². The van der Waals surface area contributed by atoms with Gasteiger partial charge in [-0.3, -0.25) is 4.98 Å². The molecule has 0 fully saturated rings. The molecule has 0 bridgehead atoms. The van der Waals surface area contributed by atoms with Gasteiger partial charge in [0.15, 0.2) is 0 Å². The molecule has 0 N–H and O–H groups in total. The van der Waals surface area contributed by atoms with Gasteiger partial charge >= 0.3 is 0 Å². The lowest BCUT2D eigenvalue weighted by atomic mass is 10.1. The summed E-state index contributed by atoms with van der Waals surface area (Å²) < 4.78 is 5.31. The molecule has 2 aromatic rings. The first-order valence-corrected chi connectivity index (χ1v) is 6.11. The average molecular weight is 278 g/mol. The first-order valence-electron chi connectivity index (χ1n) is 4.99. The summed E-state index contributed by atoms with van der Waals surface area (Å²) in [6.45, 7) is 0. The fourth-order valence-corrected chi connectivity index (χ4v) is 1.96. The van der Waals surface area contributed by atoms with Gasteiger partial charge in [0.25, 0.3) is 0 Å². The quantitative estimate of drug-likeness (QED) is 0.799. The maximum absolute atomic E-state index is 5.31.